The largest absolute Gasteiger partial charge is 0.508 e. The molecular formula is C23H17ClN2O6S. The molecule has 0 fully saturated rings. The van der Waals surface area contributed by atoms with E-state index in [1.54, 1.807) is 41.0 Å². The molecule has 3 aromatic carbocycles. The predicted molar refractivity (Wildman–Crippen MR) is 124 cm³/mol. The quantitative estimate of drug-likeness (QED) is 0.330. The van der Waals surface area contributed by atoms with E-state index in [0.717, 1.165) is 6.26 Å². The Morgan fingerprint density at radius 1 is 1.00 bits per heavy atom. The van der Waals surface area contributed by atoms with Crippen molar-refractivity contribution in [1.29, 1.82) is 0 Å². The lowest BCUT2D eigenvalue weighted by molar-refractivity contribution is 0.0880. The van der Waals surface area contributed by atoms with Crippen molar-refractivity contribution >= 4 is 55.3 Å². The maximum atomic E-state index is 12.9. The first-order valence-electron chi connectivity index (χ1n) is 9.92. The second-order valence-corrected chi connectivity index (χ2v) is 9.76. The highest BCUT2D eigenvalue weighted by atomic mass is 35.5. The SMILES string of the molecule is CS(=O)(=O)OCCn1c2ccc(O)cc2c2c3c(c(-c4ccccc4Cl)cc21)C(=O)NC3=O. The summed E-state index contributed by atoms with van der Waals surface area (Å²) in [6, 6.07) is 13.4. The molecular weight excluding hydrogens is 468 g/mol. The first-order chi connectivity index (χ1) is 15.7. The van der Waals surface area contributed by atoms with Crippen LogP contribution in [0.4, 0.5) is 0 Å². The summed E-state index contributed by atoms with van der Waals surface area (Å²) in [6.07, 6.45) is 0.968. The number of nitrogens with one attached hydrogen (secondary N) is 1. The van der Waals surface area contributed by atoms with E-state index in [2.05, 4.69) is 5.32 Å². The summed E-state index contributed by atoms with van der Waals surface area (Å²) in [6.45, 7) is 0.0103. The maximum Gasteiger partial charge on any atom is 0.264 e. The van der Waals surface area contributed by atoms with Gasteiger partial charge in [0.2, 0.25) is 0 Å². The minimum atomic E-state index is -3.65. The Morgan fingerprint density at radius 3 is 2.45 bits per heavy atom. The zero-order chi connectivity index (χ0) is 23.5. The zero-order valence-electron chi connectivity index (χ0n) is 17.3. The number of aromatic hydroxyl groups is 1. The molecule has 33 heavy (non-hydrogen) atoms. The molecule has 0 aliphatic carbocycles. The van der Waals surface area contributed by atoms with Gasteiger partial charge in [0.1, 0.15) is 5.75 Å². The van der Waals surface area contributed by atoms with Crippen molar-refractivity contribution in [2.75, 3.05) is 12.9 Å². The lowest BCUT2D eigenvalue weighted by Crippen LogP contribution is -2.20. The Balaban J connectivity index is 1.88. The number of amides is 2. The van der Waals surface area contributed by atoms with Crippen LogP contribution in [0.5, 0.6) is 5.75 Å². The minimum absolute atomic E-state index is 0.0115. The monoisotopic (exact) mass is 484 g/mol. The summed E-state index contributed by atoms with van der Waals surface area (Å²) < 4.78 is 29.7. The molecule has 1 aliphatic heterocycles. The summed E-state index contributed by atoms with van der Waals surface area (Å²) in [5.41, 5.74) is 2.66. The van der Waals surface area contributed by atoms with Gasteiger partial charge in [0, 0.05) is 33.4 Å². The van der Waals surface area contributed by atoms with Crippen LogP contribution in [0.15, 0.2) is 48.5 Å². The topological polar surface area (TPSA) is 115 Å². The Bertz CT molecular complexity index is 1610. The molecule has 1 aliphatic rings. The van der Waals surface area contributed by atoms with Gasteiger partial charge in [-0.1, -0.05) is 29.8 Å². The van der Waals surface area contributed by atoms with Crippen LogP contribution in [0.1, 0.15) is 20.7 Å². The second kappa shape index (κ2) is 7.58. The number of carbonyl (C=O) groups is 2. The first-order valence-corrected chi connectivity index (χ1v) is 12.1. The number of carbonyl (C=O) groups excluding carboxylic acids is 2. The Kier molecular flexibility index (Phi) is 4.93. The van der Waals surface area contributed by atoms with Crippen molar-refractivity contribution < 1.29 is 27.3 Å². The van der Waals surface area contributed by atoms with Crippen LogP contribution < -0.4 is 5.32 Å². The number of halogens is 1. The van der Waals surface area contributed by atoms with Crippen LogP contribution >= 0.6 is 11.6 Å². The number of hydrogen-bond acceptors (Lipinski definition) is 6. The van der Waals surface area contributed by atoms with Crippen LogP contribution in [0.25, 0.3) is 32.9 Å². The molecule has 0 unspecified atom stereocenters. The molecule has 0 saturated heterocycles. The molecule has 2 N–H and O–H groups in total. The lowest BCUT2D eigenvalue weighted by atomic mass is 9.93. The molecule has 8 nitrogen and oxygen atoms in total. The van der Waals surface area contributed by atoms with Crippen LogP contribution in [0.2, 0.25) is 5.02 Å². The average molecular weight is 485 g/mol. The molecule has 2 heterocycles. The molecule has 0 radical (unpaired) electrons. The third-order valence-electron chi connectivity index (χ3n) is 5.60. The first kappa shape index (κ1) is 21.4. The number of phenols is 1. The number of phenolic OH excluding ortho intramolecular Hbond substituents is 1. The van der Waals surface area contributed by atoms with Crippen LogP contribution in [0.3, 0.4) is 0 Å². The zero-order valence-corrected chi connectivity index (χ0v) is 18.8. The van der Waals surface area contributed by atoms with Crippen molar-refractivity contribution in [3.8, 4) is 16.9 Å². The number of aromatic nitrogens is 1. The molecule has 0 saturated carbocycles. The van der Waals surface area contributed by atoms with E-state index in [9.17, 15) is 23.1 Å². The number of benzene rings is 3. The van der Waals surface area contributed by atoms with Crippen LogP contribution in [0, 0.1) is 0 Å². The van der Waals surface area contributed by atoms with Crippen LogP contribution in [-0.4, -0.2) is 42.8 Å². The van der Waals surface area contributed by atoms with Gasteiger partial charge in [0.05, 0.1) is 29.5 Å². The van der Waals surface area contributed by atoms with E-state index in [1.165, 1.54) is 12.1 Å². The van der Waals surface area contributed by atoms with Gasteiger partial charge in [-0.25, -0.2) is 0 Å². The number of nitrogens with zero attached hydrogens (tertiary/aromatic N) is 1. The van der Waals surface area contributed by atoms with Crippen molar-refractivity contribution in [2.24, 2.45) is 0 Å². The van der Waals surface area contributed by atoms with Crippen molar-refractivity contribution in [3.63, 3.8) is 0 Å². The Hall–Kier alpha value is -3.40. The average Bonchev–Trinajstić information content (AvgIpc) is 3.20. The van der Waals surface area contributed by atoms with Gasteiger partial charge in [-0.15, -0.1) is 0 Å². The van der Waals surface area contributed by atoms with Crippen molar-refractivity contribution in [1.82, 2.24) is 9.88 Å². The van der Waals surface area contributed by atoms with Gasteiger partial charge in [0.25, 0.3) is 21.9 Å². The molecule has 4 aromatic rings. The van der Waals surface area contributed by atoms with E-state index in [4.69, 9.17) is 15.8 Å². The Morgan fingerprint density at radius 2 is 1.73 bits per heavy atom. The lowest BCUT2D eigenvalue weighted by Gasteiger charge is -2.12. The molecule has 5 rings (SSSR count). The summed E-state index contributed by atoms with van der Waals surface area (Å²) in [4.78, 5) is 25.7. The maximum absolute atomic E-state index is 12.9. The molecule has 1 aromatic heterocycles. The second-order valence-electron chi connectivity index (χ2n) is 7.71. The molecule has 0 bridgehead atoms. The Labute approximate surface area is 193 Å². The number of rotatable bonds is 5. The summed E-state index contributed by atoms with van der Waals surface area (Å²) in [7, 11) is -3.65. The third-order valence-corrected chi connectivity index (χ3v) is 6.52. The molecule has 168 valence electrons. The normalized spacial score (nSPS) is 13.6. The highest BCUT2D eigenvalue weighted by molar-refractivity contribution is 7.85. The highest BCUT2D eigenvalue weighted by Gasteiger charge is 2.35. The van der Waals surface area contributed by atoms with Crippen LogP contribution in [-0.2, 0) is 20.8 Å². The van der Waals surface area contributed by atoms with E-state index in [0.29, 0.717) is 38.0 Å². The summed E-state index contributed by atoms with van der Waals surface area (Å²) in [5, 5.41) is 13.9. The number of fused-ring (bicyclic) bond motifs is 5. The highest BCUT2D eigenvalue weighted by Crippen LogP contribution is 2.42. The molecule has 0 atom stereocenters. The standard InChI is InChI=1S/C23H17ClN2O6S/c1-33(30,31)32-9-8-26-17-7-6-12(27)10-15(17)19-18(26)11-14(13-4-2-3-5-16(13)24)20-21(19)23(29)25-22(20)28/h2-7,10-11,27H,8-9H2,1H3,(H,25,28,29). The fourth-order valence-electron chi connectivity index (χ4n) is 4.35. The van der Waals surface area contributed by atoms with E-state index in [1.807, 2.05) is 0 Å². The van der Waals surface area contributed by atoms with E-state index >= 15 is 0 Å². The third kappa shape index (κ3) is 3.54. The van der Waals surface area contributed by atoms with Crippen molar-refractivity contribution in [2.45, 2.75) is 6.54 Å². The fourth-order valence-corrected chi connectivity index (χ4v) is 4.96. The molecule has 2 amide bonds. The van der Waals surface area contributed by atoms with Gasteiger partial charge < -0.3 is 9.67 Å². The molecule has 0 spiro atoms. The smallest absolute Gasteiger partial charge is 0.264 e. The number of hydrogen-bond donors (Lipinski definition) is 2. The number of imide groups is 1. The predicted octanol–water partition coefficient (Wildman–Crippen LogP) is 3.68. The van der Waals surface area contributed by atoms with Gasteiger partial charge >= 0.3 is 0 Å². The van der Waals surface area contributed by atoms with Gasteiger partial charge in [-0.3, -0.25) is 19.1 Å². The summed E-state index contributed by atoms with van der Waals surface area (Å²) >= 11 is 6.43. The van der Waals surface area contributed by atoms with Gasteiger partial charge in [-0.05, 0) is 35.9 Å². The van der Waals surface area contributed by atoms with Crippen molar-refractivity contribution in [3.05, 3.63) is 64.7 Å². The van der Waals surface area contributed by atoms with E-state index < -0.39 is 21.9 Å². The van der Waals surface area contributed by atoms with Gasteiger partial charge in [0.15, 0.2) is 0 Å². The van der Waals surface area contributed by atoms with E-state index in [-0.39, 0.29) is 30.0 Å². The molecule has 10 heteroatoms. The summed E-state index contributed by atoms with van der Waals surface area (Å²) in [5.74, 6) is -1.10. The van der Waals surface area contributed by atoms with Gasteiger partial charge in [-0.2, -0.15) is 8.42 Å². The fraction of sp³-hybridized carbons (Fsp3) is 0.130. The minimum Gasteiger partial charge on any atom is -0.508 e.